The number of hydrogen-bond acceptors (Lipinski definition) is 2. The van der Waals surface area contributed by atoms with Crippen LogP contribution >= 0.6 is 0 Å². The summed E-state index contributed by atoms with van der Waals surface area (Å²) in [6, 6.07) is 17.9. The zero-order chi connectivity index (χ0) is 16.8. The number of carbonyl (C=O) groups excluding carboxylic acids is 1. The molecule has 1 saturated carbocycles. The van der Waals surface area contributed by atoms with Gasteiger partial charge in [-0.2, -0.15) is 0 Å². The van der Waals surface area contributed by atoms with Gasteiger partial charge < -0.3 is 15.4 Å². The molecule has 2 amide bonds. The first-order valence-corrected chi connectivity index (χ1v) is 8.47. The molecule has 126 valence electrons. The first-order chi connectivity index (χ1) is 11.7. The summed E-state index contributed by atoms with van der Waals surface area (Å²) in [5.74, 6) is 1.49. The van der Waals surface area contributed by atoms with Gasteiger partial charge in [-0.3, -0.25) is 0 Å². The molecule has 0 aromatic heterocycles. The molecular formula is C20H24N2O2. The maximum absolute atomic E-state index is 12.2. The average Bonchev–Trinajstić information content (AvgIpc) is 3.45. The molecule has 2 aromatic rings. The maximum atomic E-state index is 12.2. The van der Waals surface area contributed by atoms with Crippen molar-refractivity contribution in [3.63, 3.8) is 0 Å². The van der Waals surface area contributed by atoms with E-state index in [4.69, 9.17) is 4.74 Å². The Morgan fingerprint density at radius 2 is 1.83 bits per heavy atom. The van der Waals surface area contributed by atoms with Crippen molar-refractivity contribution in [1.29, 1.82) is 0 Å². The van der Waals surface area contributed by atoms with Gasteiger partial charge in [-0.1, -0.05) is 42.5 Å². The van der Waals surface area contributed by atoms with Crippen LogP contribution in [0.2, 0.25) is 0 Å². The lowest BCUT2D eigenvalue weighted by Gasteiger charge is -2.20. The van der Waals surface area contributed by atoms with E-state index in [9.17, 15) is 4.79 Å². The van der Waals surface area contributed by atoms with Crippen LogP contribution in [0.5, 0.6) is 5.75 Å². The van der Waals surface area contributed by atoms with Crippen LogP contribution in [-0.2, 0) is 6.42 Å². The lowest BCUT2D eigenvalue weighted by Crippen LogP contribution is -2.39. The summed E-state index contributed by atoms with van der Waals surface area (Å²) in [6.45, 7) is 0.770. The zero-order valence-corrected chi connectivity index (χ0v) is 14.0. The van der Waals surface area contributed by atoms with E-state index in [2.05, 4.69) is 22.8 Å². The van der Waals surface area contributed by atoms with E-state index < -0.39 is 0 Å². The van der Waals surface area contributed by atoms with Gasteiger partial charge in [0.2, 0.25) is 0 Å². The Labute approximate surface area is 143 Å². The molecule has 0 saturated heterocycles. The number of ether oxygens (including phenoxy) is 1. The topological polar surface area (TPSA) is 50.4 Å². The van der Waals surface area contributed by atoms with Crippen molar-refractivity contribution >= 4 is 6.03 Å². The van der Waals surface area contributed by atoms with Crippen LogP contribution in [0.1, 0.15) is 30.0 Å². The van der Waals surface area contributed by atoms with Gasteiger partial charge in [-0.15, -0.1) is 0 Å². The summed E-state index contributed by atoms with van der Waals surface area (Å²) in [7, 11) is 1.65. The Balaban J connectivity index is 1.69. The number of urea groups is 1. The van der Waals surface area contributed by atoms with Crippen LogP contribution in [-0.4, -0.2) is 19.7 Å². The summed E-state index contributed by atoms with van der Waals surface area (Å²) < 4.78 is 5.22. The summed E-state index contributed by atoms with van der Waals surface area (Å²) in [5.41, 5.74) is 2.27. The Hall–Kier alpha value is -2.49. The molecule has 0 radical (unpaired) electrons. The van der Waals surface area contributed by atoms with Crippen LogP contribution in [0.4, 0.5) is 4.79 Å². The van der Waals surface area contributed by atoms with Crippen LogP contribution in [0.25, 0.3) is 0 Å². The van der Waals surface area contributed by atoms with Crippen molar-refractivity contribution in [3.05, 3.63) is 65.7 Å². The number of carbonyl (C=O) groups is 1. The molecule has 1 aliphatic carbocycles. The Morgan fingerprint density at radius 3 is 2.46 bits per heavy atom. The van der Waals surface area contributed by atoms with Gasteiger partial charge in [0.1, 0.15) is 5.75 Å². The number of hydrogen-bond donors (Lipinski definition) is 2. The summed E-state index contributed by atoms with van der Waals surface area (Å²) in [5, 5.41) is 6.09. The molecule has 1 unspecified atom stereocenters. The minimum atomic E-state index is -0.0985. The first kappa shape index (κ1) is 16.4. The van der Waals surface area contributed by atoms with Crippen molar-refractivity contribution in [2.24, 2.45) is 5.92 Å². The fourth-order valence-electron chi connectivity index (χ4n) is 2.71. The Kier molecular flexibility index (Phi) is 5.36. The lowest BCUT2D eigenvalue weighted by atomic mass is 9.99. The normalized spacial score (nSPS) is 14.7. The van der Waals surface area contributed by atoms with Crippen molar-refractivity contribution in [3.8, 4) is 5.75 Å². The molecule has 3 rings (SSSR count). The molecule has 4 heteroatoms. The third-order valence-electron chi connectivity index (χ3n) is 4.35. The van der Waals surface area contributed by atoms with E-state index in [1.165, 1.54) is 18.4 Å². The van der Waals surface area contributed by atoms with Crippen LogP contribution in [0.3, 0.4) is 0 Å². The van der Waals surface area contributed by atoms with E-state index in [0.29, 0.717) is 5.92 Å². The predicted octanol–water partition coefficient (Wildman–Crippen LogP) is 3.69. The molecule has 4 nitrogen and oxygen atoms in total. The van der Waals surface area contributed by atoms with Crippen LogP contribution in [0, 0.1) is 5.92 Å². The fraction of sp³-hybridized carbons (Fsp3) is 0.350. The van der Waals surface area contributed by atoms with Gasteiger partial charge in [-0.25, -0.2) is 4.79 Å². The average molecular weight is 324 g/mol. The van der Waals surface area contributed by atoms with E-state index in [0.717, 1.165) is 24.3 Å². The molecule has 1 atom stereocenters. The van der Waals surface area contributed by atoms with Gasteiger partial charge in [0, 0.05) is 6.54 Å². The predicted molar refractivity (Wildman–Crippen MR) is 95.1 cm³/mol. The maximum Gasteiger partial charge on any atom is 0.315 e. The molecule has 1 aliphatic rings. The van der Waals surface area contributed by atoms with Crippen LogP contribution in [0.15, 0.2) is 54.6 Å². The molecule has 0 heterocycles. The standard InChI is InChI=1S/C20H24N2O2/c1-24-18-11-9-17(10-12-18)19(13-15-5-3-2-4-6-15)22-20(23)21-14-16-7-8-16/h2-6,9-12,16,19H,7-8,13-14H2,1H3,(H2,21,22,23). The smallest absolute Gasteiger partial charge is 0.315 e. The van der Waals surface area contributed by atoms with Crippen molar-refractivity contribution in [2.45, 2.75) is 25.3 Å². The minimum Gasteiger partial charge on any atom is -0.497 e. The highest BCUT2D eigenvalue weighted by Crippen LogP contribution is 2.27. The molecule has 1 fully saturated rings. The highest BCUT2D eigenvalue weighted by molar-refractivity contribution is 5.74. The van der Waals surface area contributed by atoms with Gasteiger partial charge in [-0.05, 0) is 48.4 Å². The van der Waals surface area contributed by atoms with Crippen molar-refractivity contribution in [2.75, 3.05) is 13.7 Å². The summed E-state index contributed by atoms with van der Waals surface area (Å²) >= 11 is 0. The molecule has 0 bridgehead atoms. The zero-order valence-electron chi connectivity index (χ0n) is 14.0. The molecule has 2 aromatic carbocycles. The third kappa shape index (κ3) is 4.75. The fourth-order valence-corrected chi connectivity index (χ4v) is 2.71. The van der Waals surface area contributed by atoms with Crippen molar-refractivity contribution in [1.82, 2.24) is 10.6 Å². The van der Waals surface area contributed by atoms with Crippen LogP contribution < -0.4 is 15.4 Å². The van der Waals surface area contributed by atoms with E-state index in [1.807, 2.05) is 42.5 Å². The molecule has 0 spiro atoms. The molecular weight excluding hydrogens is 300 g/mol. The van der Waals surface area contributed by atoms with Gasteiger partial charge >= 0.3 is 6.03 Å². The SMILES string of the molecule is COc1ccc(C(Cc2ccccc2)NC(=O)NCC2CC2)cc1. The monoisotopic (exact) mass is 324 g/mol. The second-order valence-corrected chi connectivity index (χ2v) is 6.31. The highest BCUT2D eigenvalue weighted by Gasteiger charge is 2.22. The minimum absolute atomic E-state index is 0.0718. The number of rotatable bonds is 7. The number of amides is 2. The second-order valence-electron chi connectivity index (χ2n) is 6.31. The van der Waals surface area contributed by atoms with Gasteiger partial charge in [0.15, 0.2) is 0 Å². The summed E-state index contributed by atoms with van der Waals surface area (Å²) in [6.07, 6.45) is 3.21. The van der Waals surface area contributed by atoms with Gasteiger partial charge in [0.25, 0.3) is 0 Å². The second kappa shape index (κ2) is 7.86. The Bertz CT molecular complexity index is 651. The molecule has 24 heavy (non-hydrogen) atoms. The quantitative estimate of drug-likeness (QED) is 0.816. The van der Waals surface area contributed by atoms with E-state index in [1.54, 1.807) is 7.11 Å². The van der Waals surface area contributed by atoms with E-state index in [-0.39, 0.29) is 12.1 Å². The largest absolute Gasteiger partial charge is 0.497 e. The third-order valence-corrected chi connectivity index (χ3v) is 4.35. The molecule has 0 aliphatic heterocycles. The van der Waals surface area contributed by atoms with Crippen molar-refractivity contribution < 1.29 is 9.53 Å². The first-order valence-electron chi connectivity index (χ1n) is 8.47. The molecule has 2 N–H and O–H groups in total. The number of methoxy groups -OCH3 is 1. The van der Waals surface area contributed by atoms with Gasteiger partial charge in [0.05, 0.1) is 13.2 Å². The number of benzene rings is 2. The summed E-state index contributed by atoms with van der Waals surface area (Å²) in [4.78, 5) is 12.2. The highest BCUT2D eigenvalue weighted by atomic mass is 16.5. The number of nitrogens with one attached hydrogen (secondary N) is 2. The lowest BCUT2D eigenvalue weighted by molar-refractivity contribution is 0.236. The van der Waals surface area contributed by atoms with E-state index >= 15 is 0 Å². The Morgan fingerprint density at radius 1 is 1.12 bits per heavy atom.